The SMILES string of the molecule is CCNC(=O)/C(=C/C=C/c1ccccc1)NC(=O)c1ccccc1. The predicted octanol–water partition coefficient (Wildman–Crippen LogP) is 3.15. The van der Waals surface area contributed by atoms with E-state index in [9.17, 15) is 9.59 Å². The molecule has 2 amide bonds. The summed E-state index contributed by atoms with van der Waals surface area (Å²) in [6.07, 6.45) is 5.21. The first-order chi connectivity index (χ1) is 11.7. The summed E-state index contributed by atoms with van der Waals surface area (Å²) >= 11 is 0. The van der Waals surface area contributed by atoms with Crippen LogP contribution in [0, 0.1) is 0 Å². The van der Waals surface area contributed by atoms with Crippen LogP contribution in [0.3, 0.4) is 0 Å². The average molecular weight is 320 g/mol. The molecule has 0 saturated heterocycles. The monoisotopic (exact) mass is 320 g/mol. The second-order valence-corrected chi connectivity index (χ2v) is 5.03. The lowest BCUT2D eigenvalue weighted by Gasteiger charge is -2.09. The first kappa shape index (κ1) is 17.2. The summed E-state index contributed by atoms with van der Waals surface area (Å²) in [5.41, 5.74) is 1.72. The molecule has 0 fully saturated rings. The van der Waals surface area contributed by atoms with E-state index in [1.807, 2.05) is 49.4 Å². The minimum absolute atomic E-state index is 0.206. The molecule has 4 nitrogen and oxygen atoms in total. The average Bonchev–Trinajstić information content (AvgIpc) is 2.62. The predicted molar refractivity (Wildman–Crippen MR) is 96.2 cm³/mol. The lowest BCUT2D eigenvalue weighted by Crippen LogP contribution is -2.34. The number of amides is 2. The molecule has 4 heteroatoms. The third kappa shape index (κ3) is 5.25. The van der Waals surface area contributed by atoms with Crippen LogP contribution in [0.1, 0.15) is 22.8 Å². The van der Waals surface area contributed by atoms with Gasteiger partial charge in [0, 0.05) is 12.1 Å². The van der Waals surface area contributed by atoms with Crippen LogP contribution in [0.15, 0.2) is 78.5 Å². The third-order valence-corrected chi connectivity index (χ3v) is 3.22. The van der Waals surface area contributed by atoms with E-state index in [4.69, 9.17) is 0 Å². The number of rotatable bonds is 6. The van der Waals surface area contributed by atoms with Gasteiger partial charge >= 0.3 is 0 Å². The summed E-state index contributed by atoms with van der Waals surface area (Å²) in [6.45, 7) is 2.31. The van der Waals surface area contributed by atoms with Crippen molar-refractivity contribution in [3.63, 3.8) is 0 Å². The van der Waals surface area contributed by atoms with Crippen molar-refractivity contribution in [3.05, 3.63) is 89.6 Å². The lowest BCUT2D eigenvalue weighted by molar-refractivity contribution is -0.117. The molecule has 0 bridgehead atoms. The highest BCUT2D eigenvalue weighted by Crippen LogP contribution is 2.04. The molecule has 0 aromatic heterocycles. The summed E-state index contributed by atoms with van der Waals surface area (Å²) in [4.78, 5) is 24.4. The van der Waals surface area contributed by atoms with E-state index in [0.717, 1.165) is 5.56 Å². The molecule has 0 aliphatic heterocycles. The Morgan fingerprint density at radius 3 is 2.21 bits per heavy atom. The number of carbonyl (C=O) groups excluding carboxylic acids is 2. The minimum atomic E-state index is -0.320. The molecule has 2 aromatic rings. The summed E-state index contributed by atoms with van der Waals surface area (Å²) in [6, 6.07) is 18.5. The zero-order chi connectivity index (χ0) is 17.2. The lowest BCUT2D eigenvalue weighted by atomic mass is 10.2. The second-order valence-electron chi connectivity index (χ2n) is 5.03. The van der Waals surface area contributed by atoms with Gasteiger partial charge in [-0.05, 0) is 30.7 Å². The van der Waals surface area contributed by atoms with Gasteiger partial charge in [-0.25, -0.2) is 0 Å². The quantitative estimate of drug-likeness (QED) is 0.634. The minimum Gasteiger partial charge on any atom is -0.351 e. The van der Waals surface area contributed by atoms with Crippen LogP contribution in [-0.4, -0.2) is 18.4 Å². The molecule has 2 N–H and O–H groups in total. The topological polar surface area (TPSA) is 58.2 Å². The van der Waals surface area contributed by atoms with Crippen LogP contribution < -0.4 is 10.6 Å². The molecule has 24 heavy (non-hydrogen) atoms. The van der Waals surface area contributed by atoms with E-state index in [-0.39, 0.29) is 17.5 Å². The Kier molecular flexibility index (Phi) is 6.53. The molecule has 0 aliphatic carbocycles. The molecule has 0 unspecified atom stereocenters. The van der Waals surface area contributed by atoms with E-state index < -0.39 is 0 Å². The Labute approximate surface area is 141 Å². The summed E-state index contributed by atoms with van der Waals surface area (Å²) < 4.78 is 0. The maximum atomic E-state index is 12.2. The molecule has 0 aliphatic rings. The third-order valence-electron chi connectivity index (χ3n) is 3.22. The number of benzene rings is 2. The van der Waals surface area contributed by atoms with Gasteiger partial charge < -0.3 is 10.6 Å². The Morgan fingerprint density at radius 1 is 0.958 bits per heavy atom. The van der Waals surface area contributed by atoms with Crippen molar-refractivity contribution in [1.82, 2.24) is 10.6 Å². The molecule has 0 atom stereocenters. The van der Waals surface area contributed by atoms with Crippen LogP contribution in [0.4, 0.5) is 0 Å². The molecule has 122 valence electrons. The van der Waals surface area contributed by atoms with Crippen LogP contribution in [-0.2, 0) is 4.79 Å². The van der Waals surface area contributed by atoms with Crippen molar-refractivity contribution >= 4 is 17.9 Å². The van der Waals surface area contributed by atoms with Gasteiger partial charge in [0.2, 0.25) is 0 Å². The fourth-order valence-corrected chi connectivity index (χ4v) is 2.03. The maximum absolute atomic E-state index is 12.2. The smallest absolute Gasteiger partial charge is 0.267 e. The van der Waals surface area contributed by atoms with Gasteiger partial charge in [0.15, 0.2) is 0 Å². The number of hydrogen-bond acceptors (Lipinski definition) is 2. The van der Waals surface area contributed by atoms with E-state index in [1.54, 1.807) is 36.4 Å². The number of allylic oxidation sites excluding steroid dienone is 2. The van der Waals surface area contributed by atoms with Crippen molar-refractivity contribution in [2.75, 3.05) is 6.54 Å². The molecule has 0 saturated carbocycles. The van der Waals surface area contributed by atoms with Gasteiger partial charge in [-0.3, -0.25) is 9.59 Å². The fourth-order valence-electron chi connectivity index (χ4n) is 2.03. The summed E-state index contributed by atoms with van der Waals surface area (Å²) in [5, 5.41) is 5.36. The van der Waals surface area contributed by atoms with Crippen LogP contribution in [0.5, 0.6) is 0 Å². The van der Waals surface area contributed by atoms with Crippen molar-refractivity contribution in [1.29, 1.82) is 0 Å². The molecule has 0 heterocycles. The van der Waals surface area contributed by atoms with Crippen LogP contribution in [0.25, 0.3) is 6.08 Å². The van der Waals surface area contributed by atoms with E-state index in [0.29, 0.717) is 12.1 Å². The van der Waals surface area contributed by atoms with Crippen molar-refractivity contribution < 1.29 is 9.59 Å². The van der Waals surface area contributed by atoms with Gasteiger partial charge in [-0.2, -0.15) is 0 Å². The molecular weight excluding hydrogens is 300 g/mol. The van der Waals surface area contributed by atoms with Gasteiger partial charge in [-0.15, -0.1) is 0 Å². The molecule has 2 aromatic carbocycles. The summed E-state index contributed by atoms with van der Waals surface area (Å²) in [7, 11) is 0. The normalized spacial score (nSPS) is 11.3. The zero-order valence-electron chi connectivity index (χ0n) is 13.5. The maximum Gasteiger partial charge on any atom is 0.267 e. The van der Waals surface area contributed by atoms with Crippen molar-refractivity contribution in [2.24, 2.45) is 0 Å². The Balaban J connectivity index is 2.15. The molecular formula is C20H20N2O2. The van der Waals surface area contributed by atoms with Gasteiger partial charge in [0.05, 0.1) is 0 Å². The van der Waals surface area contributed by atoms with Gasteiger partial charge in [-0.1, -0.05) is 60.7 Å². The Bertz CT molecular complexity index is 735. The number of nitrogens with one attached hydrogen (secondary N) is 2. The number of carbonyl (C=O) groups is 2. The fraction of sp³-hybridized carbons (Fsp3) is 0.100. The standard InChI is InChI=1S/C20H20N2O2/c1-2-21-20(24)18(15-9-12-16-10-5-3-6-11-16)22-19(23)17-13-7-4-8-14-17/h3-15H,2H2,1H3,(H,21,24)(H,22,23)/b12-9+,18-15-. The van der Waals surface area contributed by atoms with E-state index >= 15 is 0 Å². The first-order valence-electron chi connectivity index (χ1n) is 7.78. The highest BCUT2D eigenvalue weighted by Gasteiger charge is 2.12. The van der Waals surface area contributed by atoms with Crippen molar-refractivity contribution in [3.8, 4) is 0 Å². The largest absolute Gasteiger partial charge is 0.351 e. The Morgan fingerprint density at radius 2 is 1.58 bits per heavy atom. The number of likely N-dealkylation sites (N-methyl/N-ethyl adjacent to an activating group) is 1. The molecule has 0 spiro atoms. The second kappa shape index (κ2) is 9.10. The van der Waals surface area contributed by atoms with Crippen LogP contribution in [0.2, 0.25) is 0 Å². The van der Waals surface area contributed by atoms with E-state index in [2.05, 4.69) is 10.6 Å². The zero-order valence-corrected chi connectivity index (χ0v) is 13.5. The highest BCUT2D eigenvalue weighted by atomic mass is 16.2. The number of hydrogen-bond donors (Lipinski definition) is 2. The van der Waals surface area contributed by atoms with Crippen molar-refractivity contribution in [2.45, 2.75) is 6.92 Å². The Hall–Kier alpha value is -3.14. The molecule has 0 radical (unpaired) electrons. The first-order valence-corrected chi connectivity index (χ1v) is 7.78. The van der Waals surface area contributed by atoms with Crippen LogP contribution >= 0.6 is 0 Å². The van der Waals surface area contributed by atoms with Gasteiger partial charge in [0.1, 0.15) is 5.70 Å². The summed E-state index contributed by atoms with van der Waals surface area (Å²) in [5.74, 6) is -0.638. The highest BCUT2D eigenvalue weighted by molar-refractivity contribution is 6.02. The molecule has 2 rings (SSSR count). The van der Waals surface area contributed by atoms with Gasteiger partial charge in [0.25, 0.3) is 11.8 Å². The van der Waals surface area contributed by atoms with E-state index in [1.165, 1.54) is 0 Å².